The van der Waals surface area contributed by atoms with Crippen molar-refractivity contribution in [2.24, 2.45) is 5.92 Å². The molecule has 6 rings (SSSR count). The van der Waals surface area contributed by atoms with Gasteiger partial charge in [0.2, 0.25) is 0 Å². The van der Waals surface area contributed by atoms with Crippen LogP contribution in [0.5, 0.6) is 11.5 Å². The molecule has 2 aliphatic heterocycles. The van der Waals surface area contributed by atoms with Gasteiger partial charge in [0.25, 0.3) is 5.91 Å². The number of nitriles is 1. The van der Waals surface area contributed by atoms with Crippen LogP contribution < -0.4 is 10.5 Å². The Morgan fingerprint density at radius 1 is 1.08 bits per heavy atom. The first-order valence-corrected chi connectivity index (χ1v) is 17.5. The van der Waals surface area contributed by atoms with Crippen molar-refractivity contribution in [2.75, 3.05) is 52.1 Å². The minimum atomic E-state index is -0.548. The molecular formula is C38H44FN9O4. The Kier molecular flexibility index (Phi) is 10.7. The van der Waals surface area contributed by atoms with E-state index in [-0.39, 0.29) is 53.0 Å². The van der Waals surface area contributed by atoms with Crippen molar-refractivity contribution in [3.63, 3.8) is 0 Å². The van der Waals surface area contributed by atoms with E-state index < -0.39 is 5.82 Å². The number of aromatic nitrogens is 4. The van der Waals surface area contributed by atoms with Gasteiger partial charge < -0.3 is 25.0 Å². The van der Waals surface area contributed by atoms with Gasteiger partial charge in [0.05, 0.1) is 18.5 Å². The summed E-state index contributed by atoms with van der Waals surface area (Å²) in [5, 5.41) is 15.4. The molecule has 52 heavy (non-hydrogen) atoms. The molecule has 2 aliphatic rings. The highest BCUT2D eigenvalue weighted by Gasteiger charge is 2.34. The normalized spacial score (nSPS) is 17.8. The third-order valence-corrected chi connectivity index (χ3v) is 9.91. The van der Waals surface area contributed by atoms with E-state index in [0.29, 0.717) is 80.2 Å². The number of ether oxygens (including phenoxy) is 2. The summed E-state index contributed by atoms with van der Waals surface area (Å²) >= 11 is 0. The molecule has 0 bridgehead atoms. The molecule has 2 N–H and O–H groups in total. The minimum Gasteiger partial charge on any atom is -0.457 e. The molecule has 2 aromatic heterocycles. The van der Waals surface area contributed by atoms with Crippen molar-refractivity contribution < 1.29 is 23.5 Å². The highest BCUT2D eigenvalue weighted by molar-refractivity contribution is 5.99. The second kappa shape index (κ2) is 15.4. The number of piperidine rings is 1. The van der Waals surface area contributed by atoms with Gasteiger partial charge in [0.15, 0.2) is 5.65 Å². The van der Waals surface area contributed by atoms with E-state index in [0.717, 1.165) is 0 Å². The lowest BCUT2D eigenvalue weighted by molar-refractivity contribution is -0.128. The number of carbonyl (C=O) groups is 2. The Morgan fingerprint density at radius 2 is 1.83 bits per heavy atom. The summed E-state index contributed by atoms with van der Waals surface area (Å²) in [7, 11) is 1.39. The molecule has 4 heterocycles. The number of para-hydroxylation sites is 1. The molecule has 0 radical (unpaired) electrons. The van der Waals surface area contributed by atoms with Crippen LogP contribution in [0, 0.1) is 23.1 Å². The van der Waals surface area contributed by atoms with E-state index in [4.69, 9.17) is 20.3 Å². The second-order valence-electron chi connectivity index (χ2n) is 14.0. The fraction of sp³-hybridized carbons (Fsp3) is 0.421. The molecule has 2 atom stereocenters. The molecular weight excluding hydrogens is 665 g/mol. The van der Waals surface area contributed by atoms with Crippen LogP contribution in [0.25, 0.3) is 22.3 Å². The first-order valence-electron chi connectivity index (χ1n) is 17.5. The highest BCUT2D eigenvalue weighted by atomic mass is 19.1. The molecule has 2 amide bonds. The summed E-state index contributed by atoms with van der Waals surface area (Å²) in [6, 6.07) is 15.5. The van der Waals surface area contributed by atoms with Crippen molar-refractivity contribution in [2.45, 2.75) is 51.6 Å². The van der Waals surface area contributed by atoms with Crippen molar-refractivity contribution in [3.8, 4) is 28.8 Å². The van der Waals surface area contributed by atoms with E-state index in [2.05, 4.69) is 34.8 Å². The zero-order valence-electron chi connectivity index (χ0n) is 30.0. The number of nitrogens with zero attached hydrogens (tertiary/aromatic N) is 8. The lowest BCUT2D eigenvalue weighted by Gasteiger charge is -2.44. The molecule has 0 aliphatic carbocycles. The number of rotatable bonds is 9. The van der Waals surface area contributed by atoms with Crippen molar-refractivity contribution in [1.29, 1.82) is 5.26 Å². The number of benzene rings is 2. The van der Waals surface area contributed by atoms with Crippen molar-refractivity contribution >= 4 is 28.9 Å². The Balaban J connectivity index is 1.18. The first-order chi connectivity index (χ1) is 25.0. The van der Waals surface area contributed by atoms with Crippen LogP contribution in [-0.4, -0.2) is 98.4 Å². The number of nitrogen functional groups attached to an aromatic ring is 1. The summed E-state index contributed by atoms with van der Waals surface area (Å²) < 4.78 is 28.1. The zero-order chi connectivity index (χ0) is 37.0. The summed E-state index contributed by atoms with van der Waals surface area (Å²) in [5.41, 5.74) is 7.14. The average molecular weight is 710 g/mol. The van der Waals surface area contributed by atoms with Crippen LogP contribution in [0.1, 0.15) is 46.1 Å². The number of hydrogen-bond donors (Lipinski definition) is 1. The predicted molar refractivity (Wildman–Crippen MR) is 194 cm³/mol. The monoisotopic (exact) mass is 709 g/mol. The van der Waals surface area contributed by atoms with Crippen LogP contribution in [0.15, 0.2) is 66.5 Å². The third kappa shape index (κ3) is 7.69. The molecule has 0 spiro atoms. The van der Waals surface area contributed by atoms with Crippen LogP contribution in [-0.2, 0) is 9.53 Å². The maximum atomic E-state index is 15.7. The zero-order valence-corrected chi connectivity index (χ0v) is 30.0. The van der Waals surface area contributed by atoms with Gasteiger partial charge in [-0.3, -0.25) is 9.69 Å². The van der Waals surface area contributed by atoms with Gasteiger partial charge in [0, 0.05) is 56.4 Å². The number of carbonyl (C=O) groups excluding carboxylic acids is 2. The molecule has 2 fully saturated rings. The maximum absolute atomic E-state index is 15.7. The van der Waals surface area contributed by atoms with Crippen molar-refractivity contribution in [1.82, 2.24) is 34.4 Å². The third-order valence-electron chi connectivity index (χ3n) is 9.91. The number of fused-ring (bicyclic) bond motifs is 1. The molecule has 272 valence electrons. The molecule has 1 unspecified atom stereocenters. The standard InChI is InChI=1S/C38H44FN9O4/c1-25(21-38(2,3)47-17-15-45(16-18-47)37(50)51-4)19-26(22-40)36(49)46-14-8-9-27(23-46)48-35-32(34(41)42-24-43-35)33(44-48)30-13-12-29(20-31(30)39)52-28-10-6-5-7-11-28/h5-7,10-13,19-20,24-25,27H,8-9,14-18,21,23H2,1-4H3,(H2,41,42,43)/b26-19+/t25?,27-/m1/s1. The van der Waals surface area contributed by atoms with Crippen LogP contribution in [0.3, 0.4) is 0 Å². The fourth-order valence-electron chi connectivity index (χ4n) is 7.36. The lowest BCUT2D eigenvalue weighted by Crippen LogP contribution is -2.56. The van der Waals surface area contributed by atoms with E-state index in [1.165, 1.54) is 19.5 Å². The minimum absolute atomic E-state index is 0.0653. The predicted octanol–water partition coefficient (Wildman–Crippen LogP) is 5.81. The molecule has 2 aromatic carbocycles. The topological polar surface area (TPSA) is 156 Å². The van der Waals surface area contributed by atoms with Crippen LogP contribution in [0.4, 0.5) is 15.0 Å². The van der Waals surface area contributed by atoms with Gasteiger partial charge >= 0.3 is 6.09 Å². The number of allylic oxidation sites excluding steroid dienone is 1. The summed E-state index contributed by atoms with van der Waals surface area (Å²) in [6.07, 6.45) is 4.87. The van der Waals surface area contributed by atoms with Gasteiger partial charge in [-0.15, -0.1) is 0 Å². The molecule has 13 nitrogen and oxygen atoms in total. The Bertz CT molecular complexity index is 2000. The van der Waals surface area contributed by atoms with E-state index in [1.807, 2.05) is 25.1 Å². The largest absolute Gasteiger partial charge is 0.457 e. The number of amides is 2. The maximum Gasteiger partial charge on any atom is 0.409 e. The Hall–Kier alpha value is -5.55. The number of methoxy groups -OCH3 is 1. The molecule has 14 heteroatoms. The number of anilines is 1. The van der Waals surface area contributed by atoms with Crippen LogP contribution in [0.2, 0.25) is 0 Å². The Labute approximate surface area is 302 Å². The van der Waals surface area contributed by atoms with Gasteiger partial charge in [0.1, 0.15) is 46.8 Å². The first kappa shape index (κ1) is 36.2. The van der Waals surface area contributed by atoms with E-state index >= 15 is 4.39 Å². The highest BCUT2D eigenvalue weighted by Crippen LogP contribution is 2.37. The molecule has 2 saturated heterocycles. The number of hydrogen-bond acceptors (Lipinski definition) is 10. The summed E-state index contributed by atoms with van der Waals surface area (Å²) in [5.74, 6) is 0.126. The number of likely N-dealkylation sites (tertiary alicyclic amines) is 1. The van der Waals surface area contributed by atoms with Gasteiger partial charge in [-0.2, -0.15) is 10.4 Å². The van der Waals surface area contributed by atoms with E-state index in [9.17, 15) is 14.9 Å². The van der Waals surface area contributed by atoms with Gasteiger partial charge in [-0.25, -0.2) is 23.8 Å². The lowest BCUT2D eigenvalue weighted by atomic mass is 9.88. The van der Waals surface area contributed by atoms with E-state index in [1.54, 1.807) is 44.8 Å². The van der Waals surface area contributed by atoms with Gasteiger partial charge in [-0.05, 0) is 63.3 Å². The number of nitrogens with two attached hydrogens (primary N) is 1. The number of halogens is 1. The van der Waals surface area contributed by atoms with Crippen LogP contribution >= 0.6 is 0 Å². The average Bonchev–Trinajstić information content (AvgIpc) is 3.54. The molecule has 0 saturated carbocycles. The number of piperazine rings is 1. The smallest absolute Gasteiger partial charge is 0.409 e. The molecule has 4 aromatic rings. The SMILES string of the molecule is COC(=O)N1CCN(C(C)(C)CC(C)/C=C(\C#N)C(=O)N2CCC[C@@H](n3nc(-c4ccc(Oc5ccccc5)cc4F)c4c(N)ncnc43)C2)CC1. The Morgan fingerprint density at radius 3 is 2.52 bits per heavy atom. The van der Waals surface area contributed by atoms with Gasteiger partial charge in [-0.1, -0.05) is 31.2 Å². The summed E-state index contributed by atoms with van der Waals surface area (Å²) in [6.45, 7) is 9.64. The fourth-order valence-corrected chi connectivity index (χ4v) is 7.36. The quantitative estimate of drug-likeness (QED) is 0.166. The summed E-state index contributed by atoms with van der Waals surface area (Å²) in [4.78, 5) is 40.1. The van der Waals surface area contributed by atoms with Crippen molar-refractivity contribution in [3.05, 3.63) is 72.3 Å². The second-order valence-corrected chi connectivity index (χ2v) is 14.0.